The van der Waals surface area contributed by atoms with Crippen LogP contribution in [-0.2, 0) is 6.54 Å². The Labute approximate surface area is 168 Å². The molecule has 156 valence electrons. The Morgan fingerprint density at radius 1 is 1.34 bits per heavy atom. The molecule has 2 aromatic rings. The van der Waals surface area contributed by atoms with Crippen molar-refractivity contribution < 1.29 is 14.0 Å². The number of hydrogen-bond donors (Lipinski definition) is 3. The Balaban J connectivity index is 1.37. The topological polar surface area (TPSA) is 93.4 Å². The second-order valence-corrected chi connectivity index (χ2v) is 7.92. The Morgan fingerprint density at radius 2 is 2.17 bits per heavy atom. The van der Waals surface area contributed by atoms with Gasteiger partial charge >= 0.3 is 12.1 Å². The number of carbonyl (C=O) groups is 2. The molecule has 1 aliphatic carbocycles. The highest BCUT2D eigenvalue weighted by atomic mass is 19.1. The monoisotopic (exact) mass is 402 g/mol. The van der Waals surface area contributed by atoms with Gasteiger partial charge < -0.3 is 20.4 Å². The number of carbonyl (C=O) groups excluding carboxylic acids is 2. The van der Waals surface area contributed by atoms with E-state index in [1.165, 1.54) is 12.1 Å². The zero-order valence-electron chi connectivity index (χ0n) is 16.6. The molecule has 9 heteroatoms. The fraction of sp³-hybridized carbons (Fsp3) is 0.550. The van der Waals surface area contributed by atoms with E-state index in [-0.39, 0.29) is 36.4 Å². The van der Waals surface area contributed by atoms with Gasteiger partial charge in [-0.2, -0.15) is 5.10 Å². The van der Waals surface area contributed by atoms with E-state index >= 15 is 0 Å². The summed E-state index contributed by atoms with van der Waals surface area (Å²) in [7, 11) is 1.64. The molecule has 0 radical (unpaired) electrons. The number of aromatic nitrogens is 2. The molecule has 1 unspecified atom stereocenters. The zero-order valence-corrected chi connectivity index (χ0v) is 16.6. The first-order valence-corrected chi connectivity index (χ1v) is 10.2. The van der Waals surface area contributed by atoms with Gasteiger partial charge in [0.05, 0.1) is 17.8 Å². The first-order valence-electron chi connectivity index (χ1n) is 10.2. The smallest absolute Gasteiger partial charge is 0.317 e. The summed E-state index contributed by atoms with van der Waals surface area (Å²) in [6, 6.07) is 4.49. The molecule has 1 aliphatic heterocycles. The van der Waals surface area contributed by atoms with Crippen molar-refractivity contribution in [3.8, 4) is 0 Å². The zero-order chi connectivity index (χ0) is 20.4. The van der Waals surface area contributed by atoms with Crippen LogP contribution < -0.4 is 10.6 Å². The lowest BCUT2D eigenvalue weighted by atomic mass is 9.97. The van der Waals surface area contributed by atoms with E-state index in [0.717, 1.165) is 32.2 Å². The van der Waals surface area contributed by atoms with E-state index in [1.54, 1.807) is 13.1 Å². The molecule has 2 heterocycles. The summed E-state index contributed by atoms with van der Waals surface area (Å²) in [5.74, 6) is -0.0569. The minimum Gasteiger partial charge on any atom is -0.341 e. The van der Waals surface area contributed by atoms with Crippen LogP contribution in [0, 0.1) is 11.7 Å². The lowest BCUT2D eigenvalue weighted by Gasteiger charge is -2.35. The third kappa shape index (κ3) is 4.44. The quantitative estimate of drug-likeness (QED) is 0.717. The van der Waals surface area contributed by atoms with Gasteiger partial charge in [0, 0.05) is 38.1 Å². The molecule has 1 aromatic carbocycles. The molecule has 1 saturated heterocycles. The van der Waals surface area contributed by atoms with Crippen molar-refractivity contribution in [1.82, 2.24) is 30.6 Å². The number of aromatic amines is 1. The second-order valence-electron chi connectivity index (χ2n) is 7.92. The van der Waals surface area contributed by atoms with Crippen molar-refractivity contribution in [3.63, 3.8) is 0 Å². The fourth-order valence-electron chi connectivity index (χ4n) is 4.05. The number of benzene rings is 1. The van der Waals surface area contributed by atoms with Gasteiger partial charge in [-0.3, -0.25) is 5.10 Å². The summed E-state index contributed by atoms with van der Waals surface area (Å²) in [6.45, 7) is 2.33. The van der Waals surface area contributed by atoms with Crippen molar-refractivity contribution in [2.45, 2.75) is 38.3 Å². The van der Waals surface area contributed by atoms with Gasteiger partial charge in [0.1, 0.15) is 5.82 Å². The van der Waals surface area contributed by atoms with E-state index in [4.69, 9.17) is 0 Å². The summed E-state index contributed by atoms with van der Waals surface area (Å²) in [6.07, 6.45) is 3.98. The van der Waals surface area contributed by atoms with E-state index < -0.39 is 0 Å². The maximum Gasteiger partial charge on any atom is 0.317 e. The number of urea groups is 2. The first-order chi connectivity index (χ1) is 14.0. The maximum atomic E-state index is 13.5. The molecule has 3 N–H and O–H groups in total. The molecule has 1 aromatic heterocycles. The van der Waals surface area contributed by atoms with Crippen LogP contribution in [0.1, 0.15) is 31.4 Å². The highest BCUT2D eigenvalue weighted by Gasteiger charge is 2.35. The van der Waals surface area contributed by atoms with Crippen molar-refractivity contribution in [3.05, 3.63) is 29.7 Å². The normalized spacial score (nSPS) is 19.2. The minimum atomic E-state index is -0.330. The number of nitrogens with zero attached hydrogens (tertiary/aromatic N) is 3. The summed E-state index contributed by atoms with van der Waals surface area (Å²) < 4.78 is 13.5. The van der Waals surface area contributed by atoms with Crippen LogP contribution in [0.2, 0.25) is 0 Å². The number of piperidine rings is 1. The number of nitrogens with one attached hydrogen (secondary N) is 3. The Morgan fingerprint density at radius 3 is 2.93 bits per heavy atom. The Bertz CT molecular complexity index is 896. The minimum absolute atomic E-state index is 0.0597. The molecule has 4 rings (SSSR count). The molecule has 29 heavy (non-hydrogen) atoms. The lowest BCUT2D eigenvalue weighted by molar-refractivity contribution is 0.140. The molecule has 2 aliphatic rings. The largest absolute Gasteiger partial charge is 0.341 e. The molecule has 0 spiro atoms. The maximum absolute atomic E-state index is 13.5. The van der Waals surface area contributed by atoms with Crippen LogP contribution in [0.4, 0.5) is 14.0 Å². The van der Waals surface area contributed by atoms with Gasteiger partial charge in [-0.15, -0.1) is 0 Å². The summed E-state index contributed by atoms with van der Waals surface area (Å²) >= 11 is 0. The van der Waals surface area contributed by atoms with E-state index in [0.29, 0.717) is 29.7 Å². The third-order valence-electron chi connectivity index (χ3n) is 5.73. The number of fused-ring (bicyclic) bond motifs is 1. The molecular weight excluding hydrogens is 375 g/mol. The highest BCUT2D eigenvalue weighted by molar-refractivity contribution is 5.82. The predicted molar refractivity (Wildman–Crippen MR) is 107 cm³/mol. The van der Waals surface area contributed by atoms with Crippen molar-refractivity contribution in [1.29, 1.82) is 0 Å². The van der Waals surface area contributed by atoms with Crippen LogP contribution in [0.15, 0.2) is 18.2 Å². The van der Waals surface area contributed by atoms with Gasteiger partial charge in [0.15, 0.2) is 0 Å². The van der Waals surface area contributed by atoms with Gasteiger partial charge in [0.25, 0.3) is 0 Å². The third-order valence-corrected chi connectivity index (χ3v) is 5.73. The number of H-pyrrole nitrogens is 1. The van der Waals surface area contributed by atoms with Crippen LogP contribution >= 0.6 is 0 Å². The Kier molecular flexibility index (Phi) is 5.55. The summed E-state index contributed by atoms with van der Waals surface area (Å²) in [5.41, 5.74) is 1.36. The molecule has 4 amide bonds. The van der Waals surface area contributed by atoms with Gasteiger partial charge in [-0.25, -0.2) is 14.0 Å². The summed E-state index contributed by atoms with van der Waals surface area (Å²) in [4.78, 5) is 28.5. The molecule has 2 fully saturated rings. The first kappa shape index (κ1) is 19.5. The van der Waals surface area contributed by atoms with Gasteiger partial charge in [0.2, 0.25) is 0 Å². The van der Waals surface area contributed by atoms with Gasteiger partial charge in [-0.05, 0) is 49.8 Å². The van der Waals surface area contributed by atoms with Gasteiger partial charge in [-0.1, -0.05) is 0 Å². The highest BCUT2D eigenvalue weighted by Crippen LogP contribution is 2.29. The molecule has 1 saturated carbocycles. The number of halogens is 1. The average Bonchev–Trinajstić information content (AvgIpc) is 3.50. The van der Waals surface area contributed by atoms with Crippen LogP contribution in [0.25, 0.3) is 10.9 Å². The number of amides is 4. The molecule has 8 nitrogen and oxygen atoms in total. The number of hydrogen-bond acceptors (Lipinski definition) is 3. The van der Waals surface area contributed by atoms with Crippen molar-refractivity contribution >= 4 is 23.0 Å². The molecule has 0 bridgehead atoms. The standard InChI is InChI=1S/C20H27FN6O2/c1-22-19(28)26-8-2-3-13(11-26)12-27(15-5-6-15)20(29)23-10-18-16-9-14(21)4-7-17(16)24-25-18/h4,7,9,13,15H,2-3,5-6,8,10-12H2,1H3,(H,22,28)(H,23,29)(H,24,25). The van der Waals surface area contributed by atoms with Crippen molar-refractivity contribution in [2.24, 2.45) is 5.92 Å². The SMILES string of the molecule is CNC(=O)N1CCCC(CN(C(=O)NCc2[nH]nc3ccc(F)cc23)C2CC2)C1. The predicted octanol–water partition coefficient (Wildman–Crippen LogP) is 2.43. The summed E-state index contributed by atoms with van der Waals surface area (Å²) in [5, 5.41) is 13.4. The average molecular weight is 402 g/mol. The molecule has 1 atom stereocenters. The van der Waals surface area contributed by atoms with Crippen molar-refractivity contribution in [2.75, 3.05) is 26.7 Å². The van der Waals surface area contributed by atoms with E-state index in [9.17, 15) is 14.0 Å². The van der Waals surface area contributed by atoms with Crippen LogP contribution in [0.5, 0.6) is 0 Å². The van der Waals surface area contributed by atoms with Crippen LogP contribution in [-0.4, -0.2) is 64.8 Å². The lowest BCUT2D eigenvalue weighted by Crippen LogP contribution is -2.49. The molecular formula is C20H27FN6O2. The fourth-order valence-corrected chi connectivity index (χ4v) is 4.05. The van der Waals surface area contributed by atoms with Crippen LogP contribution in [0.3, 0.4) is 0 Å². The Hall–Kier alpha value is -2.84. The van der Waals surface area contributed by atoms with E-state index in [1.807, 2.05) is 9.80 Å². The number of likely N-dealkylation sites (tertiary alicyclic amines) is 1. The number of rotatable bonds is 5. The second kappa shape index (κ2) is 8.26. The van der Waals surface area contributed by atoms with E-state index in [2.05, 4.69) is 20.8 Å².